The van der Waals surface area contributed by atoms with Crippen molar-refractivity contribution in [3.8, 4) is 28.2 Å². The molecule has 3 aromatic heterocycles. The fraction of sp³-hybridized carbons (Fsp3) is 0.214. The van der Waals surface area contributed by atoms with Crippen molar-refractivity contribution in [3.63, 3.8) is 0 Å². The summed E-state index contributed by atoms with van der Waals surface area (Å²) >= 11 is 0. The van der Waals surface area contributed by atoms with Gasteiger partial charge in [0.25, 0.3) is 5.82 Å². The minimum absolute atomic E-state index is 0.378. The average molecular weight is 604 g/mol. The maximum atomic E-state index is 7.00. The van der Waals surface area contributed by atoms with Gasteiger partial charge in [-0.1, -0.05) is 107 Å². The van der Waals surface area contributed by atoms with E-state index < -0.39 is 0 Å². The molecule has 8 rings (SSSR count). The molecule has 4 heteroatoms. The molecule has 4 nitrogen and oxygen atoms in total. The number of furan rings is 2. The van der Waals surface area contributed by atoms with Crippen LogP contribution in [-0.4, -0.2) is 4.57 Å². The minimum atomic E-state index is 0.378. The topological polar surface area (TPSA) is 35.1 Å². The first-order valence-electron chi connectivity index (χ1n) is 16.3. The Hall–Kier alpha value is -5.09. The van der Waals surface area contributed by atoms with Crippen molar-refractivity contribution in [2.45, 2.75) is 53.4 Å². The van der Waals surface area contributed by atoms with Gasteiger partial charge in [0.15, 0.2) is 5.58 Å². The Morgan fingerprint density at radius 3 is 2.07 bits per heavy atom. The van der Waals surface area contributed by atoms with E-state index in [2.05, 4.69) is 143 Å². The summed E-state index contributed by atoms with van der Waals surface area (Å²) < 4.78 is 18.1. The molecule has 0 unspecified atom stereocenters. The van der Waals surface area contributed by atoms with Crippen molar-refractivity contribution in [2.24, 2.45) is 7.05 Å². The predicted octanol–water partition coefficient (Wildman–Crippen LogP) is 11.3. The lowest BCUT2D eigenvalue weighted by atomic mass is 9.92. The van der Waals surface area contributed by atoms with Crippen LogP contribution in [0.25, 0.3) is 72.1 Å². The summed E-state index contributed by atoms with van der Waals surface area (Å²) in [7, 11) is 2.14. The van der Waals surface area contributed by atoms with Crippen molar-refractivity contribution in [1.82, 2.24) is 4.57 Å². The molecule has 0 spiro atoms. The Balaban J connectivity index is 1.45. The van der Waals surface area contributed by atoms with Gasteiger partial charge >= 0.3 is 0 Å². The summed E-state index contributed by atoms with van der Waals surface area (Å²) in [5.41, 5.74) is 13.2. The second-order valence-corrected chi connectivity index (χ2v) is 13.3. The zero-order valence-electron chi connectivity index (χ0n) is 27.6. The van der Waals surface area contributed by atoms with Crippen LogP contribution in [0.3, 0.4) is 0 Å². The molecular formula is C42H39N2O2+. The standard InChI is InChI=1S/C42H39N2O2/c1-24(2)28-13-10-14-29(25(3)4)38(28)44-23-22-43(7)42(44)36-26(5)18-21-34-37-31(20-19-27(6)39(37)46-41(34)36)33-16-11-15-32-30-12-8-9-17-35(30)45-40(32)33/h8-25H,1-7H3/q+1. The first kappa shape index (κ1) is 28.4. The zero-order chi connectivity index (χ0) is 31.9. The van der Waals surface area contributed by atoms with E-state index in [9.17, 15) is 0 Å². The van der Waals surface area contributed by atoms with E-state index in [-0.39, 0.29) is 0 Å². The molecule has 0 aliphatic carbocycles. The first-order chi connectivity index (χ1) is 22.2. The lowest BCUT2D eigenvalue weighted by Gasteiger charge is -2.18. The SMILES string of the molecule is Cc1ccc2c(oc3c(C)ccc(-c4cccc5c4oc4ccccc45)c32)c1-c1n(-c2c(C(C)C)cccc2C(C)C)cc[n+]1C. The highest BCUT2D eigenvalue weighted by Gasteiger charge is 2.30. The summed E-state index contributed by atoms with van der Waals surface area (Å²) in [6.07, 6.45) is 4.37. The predicted molar refractivity (Wildman–Crippen MR) is 190 cm³/mol. The van der Waals surface area contributed by atoms with Crippen molar-refractivity contribution in [2.75, 3.05) is 0 Å². The Bertz CT molecular complexity index is 2440. The van der Waals surface area contributed by atoms with Gasteiger partial charge in [-0.05, 0) is 48.4 Å². The number of para-hydroxylation sites is 3. The number of benzene rings is 5. The van der Waals surface area contributed by atoms with Gasteiger partial charge in [0.05, 0.1) is 7.05 Å². The number of imidazole rings is 1. The van der Waals surface area contributed by atoms with Crippen LogP contribution in [0.1, 0.15) is 61.8 Å². The number of aromatic nitrogens is 2. The van der Waals surface area contributed by atoms with Gasteiger partial charge in [-0.2, -0.15) is 4.57 Å². The quantitative estimate of drug-likeness (QED) is 0.183. The molecule has 5 aromatic carbocycles. The highest BCUT2D eigenvalue weighted by Crippen LogP contribution is 2.45. The number of fused-ring (bicyclic) bond motifs is 6. The first-order valence-corrected chi connectivity index (χ1v) is 16.3. The third-order valence-electron chi connectivity index (χ3n) is 9.70. The van der Waals surface area contributed by atoms with E-state index in [0.29, 0.717) is 11.8 Å². The fourth-order valence-corrected chi connectivity index (χ4v) is 7.38. The number of rotatable bonds is 5. The fourth-order valence-electron chi connectivity index (χ4n) is 7.38. The summed E-state index contributed by atoms with van der Waals surface area (Å²) in [5, 5.41) is 4.49. The molecule has 0 radical (unpaired) electrons. The molecule has 0 aliphatic heterocycles. The molecule has 3 heterocycles. The van der Waals surface area contributed by atoms with Crippen LogP contribution >= 0.6 is 0 Å². The van der Waals surface area contributed by atoms with Gasteiger partial charge in [-0.15, -0.1) is 0 Å². The molecule has 0 N–H and O–H groups in total. The Kier molecular flexibility index (Phi) is 6.47. The van der Waals surface area contributed by atoms with Gasteiger partial charge in [0.1, 0.15) is 40.4 Å². The van der Waals surface area contributed by atoms with Gasteiger partial charge in [0, 0.05) is 38.2 Å². The molecule has 0 fully saturated rings. The summed E-state index contributed by atoms with van der Waals surface area (Å²) in [6.45, 7) is 13.5. The van der Waals surface area contributed by atoms with Gasteiger partial charge in [-0.25, -0.2) is 4.57 Å². The monoisotopic (exact) mass is 603 g/mol. The molecule has 0 saturated heterocycles. The van der Waals surface area contributed by atoms with E-state index in [1.807, 2.05) is 12.1 Å². The van der Waals surface area contributed by atoms with Gasteiger partial charge in [0.2, 0.25) is 0 Å². The third kappa shape index (κ3) is 4.09. The normalized spacial score (nSPS) is 12.2. The summed E-state index contributed by atoms with van der Waals surface area (Å²) in [4.78, 5) is 0. The molecule has 0 saturated carbocycles. The molecule has 0 aliphatic rings. The van der Waals surface area contributed by atoms with E-state index in [4.69, 9.17) is 8.83 Å². The van der Waals surface area contributed by atoms with Crippen molar-refractivity contribution in [1.29, 1.82) is 0 Å². The molecule has 46 heavy (non-hydrogen) atoms. The summed E-state index contributed by atoms with van der Waals surface area (Å²) in [5.74, 6) is 1.86. The average Bonchev–Trinajstić information content (AvgIpc) is 3.74. The molecule has 228 valence electrons. The number of hydrogen-bond acceptors (Lipinski definition) is 2. The van der Waals surface area contributed by atoms with Crippen LogP contribution in [-0.2, 0) is 7.05 Å². The second kappa shape index (κ2) is 10.5. The largest absolute Gasteiger partial charge is 0.455 e. The van der Waals surface area contributed by atoms with E-state index >= 15 is 0 Å². The number of nitrogens with zero attached hydrogens (tertiary/aromatic N) is 2. The van der Waals surface area contributed by atoms with Gasteiger partial charge < -0.3 is 8.83 Å². The van der Waals surface area contributed by atoms with E-state index in [1.165, 1.54) is 22.4 Å². The second-order valence-electron chi connectivity index (χ2n) is 13.3. The third-order valence-corrected chi connectivity index (χ3v) is 9.70. The zero-order valence-corrected chi connectivity index (χ0v) is 27.6. The van der Waals surface area contributed by atoms with Crippen LogP contribution < -0.4 is 4.57 Å². The minimum Gasteiger partial charge on any atom is -0.455 e. The maximum absolute atomic E-state index is 7.00. The van der Waals surface area contributed by atoms with Crippen LogP contribution in [0.2, 0.25) is 0 Å². The van der Waals surface area contributed by atoms with Crippen molar-refractivity contribution < 1.29 is 13.4 Å². The molecule has 0 atom stereocenters. The highest BCUT2D eigenvalue weighted by atomic mass is 16.3. The molecular weight excluding hydrogens is 564 g/mol. The highest BCUT2D eigenvalue weighted by molar-refractivity contribution is 6.19. The van der Waals surface area contributed by atoms with Crippen molar-refractivity contribution in [3.05, 3.63) is 120 Å². The number of aryl methyl sites for hydroxylation is 3. The van der Waals surface area contributed by atoms with Crippen LogP contribution in [0.4, 0.5) is 0 Å². The molecule has 0 bridgehead atoms. The Labute approximate surface area is 269 Å². The Morgan fingerprint density at radius 2 is 1.30 bits per heavy atom. The van der Waals surface area contributed by atoms with Crippen LogP contribution in [0.15, 0.2) is 106 Å². The maximum Gasteiger partial charge on any atom is 0.297 e. The van der Waals surface area contributed by atoms with Crippen LogP contribution in [0, 0.1) is 13.8 Å². The lowest BCUT2D eigenvalue weighted by Crippen LogP contribution is -2.29. The van der Waals surface area contributed by atoms with Gasteiger partial charge in [-0.3, -0.25) is 0 Å². The molecule has 8 aromatic rings. The Morgan fingerprint density at radius 1 is 0.609 bits per heavy atom. The van der Waals surface area contributed by atoms with E-state index in [1.54, 1.807) is 0 Å². The smallest absolute Gasteiger partial charge is 0.297 e. The molecule has 0 amide bonds. The van der Waals surface area contributed by atoms with Crippen LogP contribution in [0.5, 0.6) is 0 Å². The van der Waals surface area contributed by atoms with E-state index in [0.717, 1.165) is 72.0 Å². The number of hydrogen-bond donors (Lipinski definition) is 0. The van der Waals surface area contributed by atoms with Crippen molar-refractivity contribution >= 4 is 43.9 Å². The summed E-state index contributed by atoms with van der Waals surface area (Å²) in [6, 6.07) is 30.4. The lowest BCUT2D eigenvalue weighted by molar-refractivity contribution is -0.659.